The van der Waals surface area contributed by atoms with Gasteiger partial charge in [0.05, 0.1) is 17.3 Å². The number of thiazole rings is 1. The van der Waals surface area contributed by atoms with Crippen LogP contribution in [0, 0.1) is 0 Å². The number of nitrogens with one attached hydrogen (secondary N) is 1. The topological polar surface area (TPSA) is 72.0 Å². The molecule has 0 spiro atoms. The molecule has 0 bridgehead atoms. The van der Waals surface area contributed by atoms with Crippen molar-refractivity contribution in [3.8, 4) is 22.1 Å². The predicted octanol–water partition coefficient (Wildman–Crippen LogP) is 2.53. The lowest BCUT2D eigenvalue weighted by Crippen LogP contribution is -2.36. The van der Waals surface area contributed by atoms with Gasteiger partial charge < -0.3 is 4.74 Å². The number of methoxy groups -OCH3 is 1. The highest BCUT2D eigenvalue weighted by Gasteiger charge is 2.28. The van der Waals surface area contributed by atoms with E-state index in [0.29, 0.717) is 10.7 Å². The molecule has 0 saturated carbocycles. The molecule has 0 aliphatic heterocycles. The van der Waals surface area contributed by atoms with Gasteiger partial charge in [0.2, 0.25) is 10.7 Å². The molecule has 2 heterocycles. The summed E-state index contributed by atoms with van der Waals surface area (Å²) in [6.07, 6.45) is 0. The normalized spacial score (nSPS) is 11.0. The maximum Gasteiger partial charge on any atom is 0.438 e. The molecule has 0 aliphatic rings. The summed E-state index contributed by atoms with van der Waals surface area (Å²) < 4.78 is 12.7. The summed E-state index contributed by atoms with van der Waals surface area (Å²) in [5.74, 6) is 0.738. The Morgan fingerprint density at radius 1 is 1.17 bits per heavy atom. The van der Waals surface area contributed by atoms with Crippen molar-refractivity contribution in [1.82, 2.24) is 10.3 Å². The number of hydrogen-bond donors (Lipinski definition) is 1. The number of benzene rings is 2. The van der Waals surface area contributed by atoms with Crippen molar-refractivity contribution < 1.29 is 13.9 Å². The van der Waals surface area contributed by atoms with Crippen LogP contribution < -0.4 is 15.0 Å². The van der Waals surface area contributed by atoms with Crippen molar-refractivity contribution in [1.29, 1.82) is 0 Å². The van der Waals surface area contributed by atoms with Crippen LogP contribution >= 0.6 is 11.3 Å². The van der Waals surface area contributed by atoms with Crippen LogP contribution in [0.1, 0.15) is 0 Å². The Hall–Kier alpha value is -2.93. The Balaban J connectivity index is 1.88. The smallest absolute Gasteiger partial charge is 0.438 e. The van der Waals surface area contributed by atoms with Gasteiger partial charge in [-0.3, -0.25) is 4.52 Å². The molecule has 0 atom stereocenters. The molecule has 0 saturated heterocycles. The Morgan fingerprint density at radius 2 is 1.96 bits per heavy atom. The van der Waals surface area contributed by atoms with Crippen LogP contribution in [-0.4, -0.2) is 17.4 Å². The Labute approximate surface area is 134 Å². The molecule has 23 heavy (non-hydrogen) atoms. The summed E-state index contributed by atoms with van der Waals surface area (Å²) in [5.41, 5.74) is 1.52. The molecule has 7 heteroatoms. The molecule has 0 radical (unpaired) electrons. The summed E-state index contributed by atoms with van der Waals surface area (Å²) in [6.45, 7) is 0. The molecule has 0 fully saturated rings. The molecular weight excluding hydrogens is 314 g/mol. The van der Waals surface area contributed by atoms with E-state index in [2.05, 4.69) is 10.3 Å². The van der Waals surface area contributed by atoms with Crippen LogP contribution in [0.2, 0.25) is 0 Å². The Kier molecular flexibility index (Phi) is 3.20. The summed E-state index contributed by atoms with van der Waals surface area (Å²) >= 11 is 1.45. The second-order valence-corrected chi connectivity index (χ2v) is 5.88. The Morgan fingerprint density at radius 3 is 2.70 bits per heavy atom. The van der Waals surface area contributed by atoms with Gasteiger partial charge in [0.1, 0.15) is 5.75 Å². The van der Waals surface area contributed by atoms with E-state index in [1.54, 1.807) is 11.8 Å². The van der Waals surface area contributed by atoms with Crippen LogP contribution in [0.25, 0.3) is 26.6 Å². The highest BCUT2D eigenvalue weighted by Crippen LogP contribution is 2.27. The van der Waals surface area contributed by atoms with Gasteiger partial charge in [0.25, 0.3) is 0 Å². The van der Waals surface area contributed by atoms with Gasteiger partial charge >= 0.3 is 11.3 Å². The average molecular weight is 326 g/mol. The van der Waals surface area contributed by atoms with Gasteiger partial charge in [-0.1, -0.05) is 12.1 Å². The van der Waals surface area contributed by atoms with E-state index >= 15 is 0 Å². The molecule has 0 unspecified atom stereocenters. The molecule has 114 valence electrons. The third-order valence-electron chi connectivity index (χ3n) is 3.47. The highest BCUT2D eigenvalue weighted by molar-refractivity contribution is 7.21. The molecule has 2 aromatic heterocycles. The summed E-state index contributed by atoms with van der Waals surface area (Å²) in [5, 5.41) is 3.23. The van der Waals surface area contributed by atoms with E-state index < -0.39 is 5.63 Å². The number of ether oxygens (including phenoxy) is 1. The fourth-order valence-electron chi connectivity index (χ4n) is 2.34. The molecule has 4 aromatic rings. The number of rotatable bonds is 3. The summed E-state index contributed by atoms with van der Waals surface area (Å²) in [6, 6.07) is 15.1. The number of aromatic amines is 1. The van der Waals surface area contributed by atoms with Crippen LogP contribution in [0.5, 0.6) is 5.75 Å². The highest BCUT2D eigenvalue weighted by atomic mass is 32.1. The molecule has 1 N–H and O–H groups in total. The van der Waals surface area contributed by atoms with Crippen molar-refractivity contribution in [2.45, 2.75) is 0 Å². The van der Waals surface area contributed by atoms with Gasteiger partial charge in [-0.2, -0.15) is 0 Å². The largest absolute Gasteiger partial charge is 0.497 e. The minimum atomic E-state index is -0.458. The SMILES string of the molecule is COc1ccc(-[n+]2[nH]oc(=O)c2-c2nc3ccccc3s2)cc1. The monoisotopic (exact) mass is 326 g/mol. The van der Waals surface area contributed by atoms with Crippen molar-refractivity contribution >= 4 is 21.6 Å². The van der Waals surface area contributed by atoms with Crippen LogP contribution in [-0.2, 0) is 0 Å². The van der Waals surface area contributed by atoms with Crippen LogP contribution in [0.3, 0.4) is 0 Å². The van der Waals surface area contributed by atoms with E-state index in [9.17, 15) is 4.79 Å². The van der Waals surface area contributed by atoms with E-state index in [1.807, 2.05) is 48.5 Å². The van der Waals surface area contributed by atoms with Gasteiger partial charge in [-0.15, -0.1) is 11.3 Å². The van der Waals surface area contributed by atoms with Crippen molar-refractivity contribution in [2.75, 3.05) is 7.11 Å². The number of nitrogens with zero attached hydrogens (tertiary/aromatic N) is 2. The molecular formula is C16H12N3O3S+. The second-order valence-electron chi connectivity index (χ2n) is 4.85. The van der Waals surface area contributed by atoms with Gasteiger partial charge in [-0.25, -0.2) is 9.78 Å². The number of fused-ring (bicyclic) bond motifs is 1. The lowest BCUT2D eigenvalue weighted by Gasteiger charge is -1.97. The number of hydrogen-bond acceptors (Lipinski definition) is 5. The summed E-state index contributed by atoms with van der Waals surface area (Å²) in [7, 11) is 1.61. The maximum atomic E-state index is 12.1. The number of aromatic nitrogens is 3. The van der Waals surface area contributed by atoms with Gasteiger partial charge in [-0.05, 0) is 34.2 Å². The van der Waals surface area contributed by atoms with Crippen molar-refractivity contribution in [2.24, 2.45) is 0 Å². The quantitative estimate of drug-likeness (QED) is 0.587. The third-order valence-corrected chi connectivity index (χ3v) is 4.52. The first-order valence-corrected chi connectivity index (χ1v) is 7.72. The zero-order valence-corrected chi connectivity index (χ0v) is 13.0. The van der Waals surface area contributed by atoms with E-state index in [1.165, 1.54) is 11.3 Å². The van der Waals surface area contributed by atoms with E-state index in [0.717, 1.165) is 21.7 Å². The van der Waals surface area contributed by atoms with E-state index in [4.69, 9.17) is 9.26 Å². The second kappa shape index (κ2) is 5.36. The molecule has 0 aliphatic carbocycles. The lowest BCUT2D eigenvalue weighted by atomic mass is 10.3. The lowest BCUT2D eigenvalue weighted by molar-refractivity contribution is -0.660. The first-order chi connectivity index (χ1) is 11.3. The van der Waals surface area contributed by atoms with Crippen molar-refractivity contribution in [3.05, 3.63) is 59.0 Å². The zero-order chi connectivity index (χ0) is 15.8. The zero-order valence-electron chi connectivity index (χ0n) is 12.1. The van der Waals surface area contributed by atoms with Gasteiger partial charge in [0.15, 0.2) is 0 Å². The fourth-order valence-corrected chi connectivity index (χ4v) is 3.33. The average Bonchev–Trinajstić information content (AvgIpc) is 3.17. The first kappa shape index (κ1) is 13.7. The minimum absolute atomic E-state index is 0.372. The minimum Gasteiger partial charge on any atom is -0.497 e. The van der Waals surface area contributed by atoms with Crippen LogP contribution in [0.4, 0.5) is 0 Å². The summed E-state index contributed by atoms with van der Waals surface area (Å²) in [4.78, 5) is 16.7. The maximum absolute atomic E-state index is 12.1. The third kappa shape index (κ3) is 2.31. The number of para-hydroxylation sites is 1. The molecule has 6 nitrogen and oxygen atoms in total. The van der Waals surface area contributed by atoms with E-state index in [-0.39, 0.29) is 0 Å². The molecule has 4 rings (SSSR count). The first-order valence-electron chi connectivity index (χ1n) is 6.90. The van der Waals surface area contributed by atoms with Gasteiger partial charge in [0, 0.05) is 12.1 Å². The molecule has 0 amide bonds. The number of H-pyrrole nitrogens is 1. The standard InChI is InChI=1S/C16H11N3O3S/c1-21-11-8-6-10(7-9-11)19-14(16(20)22-18-19)15-17-12-4-2-3-5-13(12)23-15/h2-9H,1H3/p+1. The van der Waals surface area contributed by atoms with Crippen molar-refractivity contribution in [3.63, 3.8) is 0 Å². The fraction of sp³-hybridized carbons (Fsp3) is 0.0625. The van der Waals surface area contributed by atoms with Crippen LogP contribution in [0.15, 0.2) is 57.8 Å². The molecule has 2 aromatic carbocycles. The predicted molar refractivity (Wildman–Crippen MR) is 86.0 cm³/mol. The Bertz CT molecular complexity index is 998.